The van der Waals surface area contributed by atoms with Gasteiger partial charge in [0, 0.05) is 21.3 Å². The molecule has 1 amide bonds. The van der Waals surface area contributed by atoms with Gasteiger partial charge < -0.3 is 5.11 Å². The Morgan fingerprint density at radius 2 is 1.78 bits per heavy atom. The number of carbonyl (C=O) groups excluding carboxylic acids is 1. The topological polar surface area (TPSA) is 92.4 Å². The van der Waals surface area contributed by atoms with Crippen LogP contribution in [-0.4, -0.2) is 37.7 Å². The Labute approximate surface area is 236 Å². The molecule has 190 valence electrons. The maximum absolute atomic E-state index is 12.5. The number of phenolic OH excluding ortho intramolecular Hbond substituents is 1. The Morgan fingerprint density at radius 1 is 1.08 bits per heavy atom. The molecule has 4 aromatic rings. The number of carbonyl (C=O) groups is 1. The van der Waals surface area contributed by atoms with Crippen LogP contribution in [0.3, 0.4) is 0 Å². The first-order chi connectivity index (χ1) is 17.6. The number of para-hydroxylation sites is 1. The fourth-order valence-electron chi connectivity index (χ4n) is 3.50. The SMILES string of the molecule is CC(C)(C)c1ccc(-c2nnc(SCC(=O)N/N=C/c3cc(Br)cc(Br)c3O)n2-c2ccccc2)cc1. The van der Waals surface area contributed by atoms with Crippen molar-refractivity contribution >= 4 is 55.7 Å². The molecular weight excluding hydrogens is 618 g/mol. The molecule has 7 nitrogen and oxygen atoms in total. The number of phenols is 1. The molecule has 0 saturated heterocycles. The fourth-order valence-corrected chi connectivity index (χ4v) is 5.50. The quantitative estimate of drug-likeness (QED) is 0.133. The highest BCUT2D eigenvalue weighted by Gasteiger charge is 2.19. The molecular formula is C27H25Br2N5O2S. The van der Waals surface area contributed by atoms with E-state index in [0.717, 1.165) is 15.7 Å². The fraction of sp³-hybridized carbons (Fsp3) is 0.185. The maximum atomic E-state index is 12.5. The van der Waals surface area contributed by atoms with Crippen LogP contribution in [0, 0.1) is 0 Å². The number of nitrogens with one attached hydrogen (secondary N) is 1. The molecule has 37 heavy (non-hydrogen) atoms. The smallest absolute Gasteiger partial charge is 0.250 e. The molecule has 0 spiro atoms. The van der Waals surface area contributed by atoms with E-state index in [-0.39, 0.29) is 22.8 Å². The third-order valence-electron chi connectivity index (χ3n) is 5.44. The number of amides is 1. The lowest BCUT2D eigenvalue weighted by Crippen LogP contribution is -2.20. The Balaban J connectivity index is 1.52. The molecule has 1 heterocycles. The van der Waals surface area contributed by atoms with Crippen molar-refractivity contribution in [3.8, 4) is 22.8 Å². The summed E-state index contributed by atoms with van der Waals surface area (Å²) in [5.74, 6) is 0.505. The number of hydrogen-bond donors (Lipinski definition) is 2. The molecule has 0 aliphatic rings. The minimum atomic E-state index is -0.312. The zero-order valence-corrected chi connectivity index (χ0v) is 24.4. The van der Waals surface area contributed by atoms with Crippen LogP contribution in [0.1, 0.15) is 31.9 Å². The van der Waals surface area contributed by atoms with Crippen LogP contribution in [0.15, 0.2) is 85.9 Å². The summed E-state index contributed by atoms with van der Waals surface area (Å²) in [5, 5.41) is 23.5. The predicted molar refractivity (Wildman–Crippen MR) is 155 cm³/mol. The van der Waals surface area contributed by atoms with Crippen molar-refractivity contribution in [2.45, 2.75) is 31.3 Å². The van der Waals surface area contributed by atoms with E-state index in [1.54, 1.807) is 12.1 Å². The van der Waals surface area contributed by atoms with Gasteiger partial charge in [-0.15, -0.1) is 10.2 Å². The van der Waals surface area contributed by atoms with Crippen molar-refractivity contribution in [2.75, 3.05) is 5.75 Å². The number of aromatic hydroxyl groups is 1. The standard InChI is InChI=1S/C27H25Br2N5O2S/c1-27(2,3)19-11-9-17(10-12-19)25-32-33-26(34(25)21-7-5-4-6-8-21)37-16-23(35)31-30-15-18-13-20(28)14-22(29)24(18)36/h4-15,36H,16H2,1-3H3,(H,31,35)/b30-15+. The third-order valence-corrected chi connectivity index (χ3v) is 7.43. The van der Waals surface area contributed by atoms with Crippen molar-refractivity contribution in [3.63, 3.8) is 0 Å². The monoisotopic (exact) mass is 641 g/mol. The van der Waals surface area contributed by atoms with Gasteiger partial charge in [0.25, 0.3) is 5.91 Å². The molecule has 0 aliphatic heterocycles. The summed E-state index contributed by atoms with van der Waals surface area (Å²) >= 11 is 7.91. The predicted octanol–water partition coefficient (Wildman–Crippen LogP) is 6.70. The first-order valence-corrected chi connectivity index (χ1v) is 13.9. The van der Waals surface area contributed by atoms with Crippen LogP contribution >= 0.6 is 43.6 Å². The van der Waals surface area contributed by atoms with Crippen molar-refractivity contribution < 1.29 is 9.90 Å². The van der Waals surface area contributed by atoms with E-state index in [9.17, 15) is 9.90 Å². The van der Waals surface area contributed by atoms with Gasteiger partial charge in [-0.2, -0.15) is 5.10 Å². The van der Waals surface area contributed by atoms with Crippen LogP contribution in [-0.2, 0) is 10.2 Å². The maximum Gasteiger partial charge on any atom is 0.250 e. The molecule has 10 heteroatoms. The molecule has 0 aliphatic carbocycles. The highest BCUT2D eigenvalue weighted by Crippen LogP contribution is 2.31. The lowest BCUT2D eigenvalue weighted by Gasteiger charge is -2.19. The van der Waals surface area contributed by atoms with Gasteiger partial charge in [-0.1, -0.05) is 90.9 Å². The number of aromatic nitrogens is 3. The highest BCUT2D eigenvalue weighted by atomic mass is 79.9. The molecule has 0 atom stereocenters. The molecule has 4 rings (SSSR count). The van der Waals surface area contributed by atoms with Crippen molar-refractivity contribution in [3.05, 3.63) is 86.8 Å². The van der Waals surface area contributed by atoms with E-state index >= 15 is 0 Å². The average molecular weight is 643 g/mol. The Bertz CT molecular complexity index is 1430. The number of rotatable bonds is 7. The highest BCUT2D eigenvalue weighted by molar-refractivity contribution is 9.11. The summed E-state index contributed by atoms with van der Waals surface area (Å²) in [5.41, 5.74) is 6.08. The zero-order valence-electron chi connectivity index (χ0n) is 20.4. The number of halogens is 2. The lowest BCUT2D eigenvalue weighted by molar-refractivity contribution is -0.118. The van der Waals surface area contributed by atoms with Crippen molar-refractivity contribution in [1.29, 1.82) is 0 Å². The first kappa shape index (κ1) is 27.1. The number of hydrogen-bond acceptors (Lipinski definition) is 6. The second kappa shape index (κ2) is 11.6. The lowest BCUT2D eigenvalue weighted by atomic mass is 9.87. The van der Waals surface area contributed by atoms with E-state index in [0.29, 0.717) is 21.0 Å². The molecule has 3 aromatic carbocycles. The summed E-state index contributed by atoms with van der Waals surface area (Å²) in [7, 11) is 0. The summed E-state index contributed by atoms with van der Waals surface area (Å²) in [6.45, 7) is 6.54. The second-order valence-corrected chi connectivity index (χ2v) is 11.9. The van der Waals surface area contributed by atoms with Crippen LogP contribution in [0.2, 0.25) is 0 Å². The van der Waals surface area contributed by atoms with Gasteiger partial charge in [-0.05, 0) is 51.2 Å². The van der Waals surface area contributed by atoms with E-state index in [1.165, 1.54) is 23.5 Å². The molecule has 0 saturated carbocycles. The van der Waals surface area contributed by atoms with Gasteiger partial charge in [0.15, 0.2) is 11.0 Å². The minimum absolute atomic E-state index is 0.0367. The van der Waals surface area contributed by atoms with E-state index < -0.39 is 0 Å². The summed E-state index contributed by atoms with van der Waals surface area (Å²) in [6, 6.07) is 21.6. The Morgan fingerprint density at radius 3 is 2.46 bits per heavy atom. The zero-order chi connectivity index (χ0) is 26.6. The largest absolute Gasteiger partial charge is 0.506 e. The van der Waals surface area contributed by atoms with Gasteiger partial charge in [0.1, 0.15) is 5.75 Å². The van der Waals surface area contributed by atoms with E-state index in [4.69, 9.17) is 0 Å². The van der Waals surface area contributed by atoms with Crippen LogP contribution in [0.25, 0.3) is 17.1 Å². The van der Waals surface area contributed by atoms with Gasteiger partial charge >= 0.3 is 0 Å². The van der Waals surface area contributed by atoms with Crippen LogP contribution in [0.5, 0.6) is 5.75 Å². The molecule has 0 radical (unpaired) electrons. The first-order valence-electron chi connectivity index (χ1n) is 11.4. The molecule has 1 aromatic heterocycles. The van der Waals surface area contributed by atoms with E-state index in [1.807, 2.05) is 34.9 Å². The molecule has 0 unspecified atom stereocenters. The Hall–Kier alpha value is -2.95. The van der Waals surface area contributed by atoms with Crippen molar-refractivity contribution in [2.24, 2.45) is 5.10 Å². The van der Waals surface area contributed by atoms with Gasteiger partial charge in [-0.3, -0.25) is 9.36 Å². The summed E-state index contributed by atoms with van der Waals surface area (Å²) in [6.07, 6.45) is 1.39. The van der Waals surface area contributed by atoms with Gasteiger partial charge in [-0.25, -0.2) is 5.43 Å². The van der Waals surface area contributed by atoms with Crippen LogP contribution in [0.4, 0.5) is 0 Å². The molecule has 0 bridgehead atoms. The summed E-state index contributed by atoms with van der Waals surface area (Å²) in [4.78, 5) is 12.5. The second-order valence-electron chi connectivity index (χ2n) is 9.21. The van der Waals surface area contributed by atoms with Gasteiger partial charge in [0.05, 0.1) is 16.4 Å². The van der Waals surface area contributed by atoms with Gasteiger partial charge in [0.2, 0.25) is 0 Å². The normalized spacial score (nSPS) is 11.7. The molecule has 0 fully saturated rings. The number of nitrogens with zero attached hydrogens (tertiary/aromatic N) is 4. The third kappa shape index (κ3) is 6.68. The minimum Gasteiger partial charge on any atom is -0.506 e. The average Bonchev–Trinajstić information content (AvgIpc) is 3.29. The van der Waals surface area contributed by atoms with Crippen molar-refractivity contribution in [1.82, 2.24) is 20.2 Å². The van der Waals surface area contributed by atoms with E-state index in [2.05, 4.69) is 97.6 Å². The number of hydrazone groups is 1. The summed E-state index contributed by atoms with van der Waals surface area (Å²) < 4.78 is 3.24. The number of thioether (sulfide) groups is 1. The number of benzene rings is 3. The Kier molecular flexibility index (Phi) is 8.51. The van der Waals surface area contributed by atoms with Crippen LogP contribution < -0.4 is 5.43 Å². The molecule has 2 N–H and O–H groups in total.